The summed E-state index contributed by atoms with van der Waals surface area (Å²) in [7, 11) is 2.16. The normalized spacial score (nSPS) is 23.5. The summed E-state index contributed by atoms with van der Waals surface area (Å²) in [6.45, 7) is 5.30. The molecule has 1 saturated carbocycles. The van der Waals surface area contributed by atoms with Gasteiger partial charge >= 0.3 is 6.09 Å². The van der Waals surface area contributed by atoms with Crippen molar-refractivity contribution in [1.29, 1.82) is 0 Å². The summed E-state index contributed by atoms with van der Waals surface area (Å²) in [5.41, 5.74) is 0.294. The SMILES string of the molecule is CCCCOC(=O)N1CCN(C)C2(CC2)C1. The van der Waals surface area contributed by atoms with Gasteiger partial charge in [-0.25, -0.2) is 4.79 Å². The molecule has 2 aliphatic rings. The maximum atomic E-state index is 11.8. The van der Waals surface area contributed by atoms with Crippen LogP contribution < -0.4 is 0 Å². The Hall–Kier alpha value is -0.770. The number of hydrogen-bond donors (Lipinski definition) is 0. The Morgan fingerprint density at radius 2 is 2.12 bits per heavy atom. The van der Waals surface area contributed by atoms with E-state index in [1.165, 1.54) is 12.8 Å². The van der Waals surface area contributed by atoms with Crippen LogP contribution in [0.3, 0.4) is 0 Å². The molecular weight excluding hydrogens is 204 g/mol. The molecule has 0 aromatic heterocycles. The highest BCUT2D eigenvalue weighted by Gasteiger charge is 2.50. The Labute approximate surface area is 97.5 Å². The topological polar surface area (TPSA) is 32.8 Å². The predicted octanol–water partition coefficient (Wildman–Crippen LogP) is 1.70. The van der Waals surface area contributed by atoms with Crippen LogP contribution in [-0.4, -0.2) is 54.7 Å². The second kappa shape index (κ2) is 4.62. The van der Waals surface area contributed by atoms with Crippen LogP contribution in [0, 0.1) is 0 Å². The van der Waals surface area contributed by atoms with Crippen LogP contribution in [0.1, 0.15) is 32.6 Å². The Balaban J connectivity index is 1.79. The van der Waals surface area contributed by atoms with E-state index in [4.69, 9.17) is 4.74 Å². The molecule has 0 atom stereocenters. The van der Waals surface area contributed by atoms with Crippen molar-refractivity contribution in [1.82, 2.24) is 9.80 Å². The zero-order valence-corrected chi connectivity index (χ0v) is 10.4. The molecular formula is C12H22N2O2. The largest absolute Gasteiger partial charge is 0.449 e. The minimum atomic E-state index is -0.118. The van der Waals surface area contributed by atoms with Gasteiger partial charge in [-0.1, -0.05) is 13.3 Å². The first-order valence-corrected chi connectivity index (χ1v) is 6.31. The molecule has 0 radical (unpaired) electrons. The number of carbonyl (C=O) groups excluding carboxylic acids is 1. The van der Waals surface area contributed by atoms with Gasteiger partial charge in [-0.05, 0) is 26.3 Å². The highest BCUT2D eigenvalue weighted by atomic mass is 16.6. The highest BCUT2D eigenvalue weighted by Crippen LogP contribution is 2.43. The minimum absolute atomic E-state index is 0.118. The smallest absolute Gasteiger partial charge is 0.409 e. The number of nitrogens with zero attached hydrogens (tertiary/aromatic N) is 2. The third-order valence-electron chi connectivity index (χ3n) is 3.81. The number of likely N-dealkylation sites (N-methyl/N-ethyl adjacent to an activating group) is 1. The summed E-state index contributed by atoms with van der Waals surface area (Å²) >= 11 is 0. The third-order valence-corrected chi connectivity index (χ3v) is 3.81. The molecule has 4 nitrogen and oxygen atoms in total. The first kappa shape index (κ1) is 11.7. The van der Waals surface area contributed by atoms with Crippen LogP contribution in [-0.2, 0) is 4.74 Å². The monoisotopic (exact) mass is 226 g/mol. The summed E-state index contributed by atoms with van der Waals surface area (Å²) in [5, 5.41) is 0. The lowest BCUT2D eigenvalue weighted by atomic mass is 10.1. The molecule has 2 rings (SSSR count). The lowest BCUT2D eigenvalue weighted by molar-refractivity contribution is 0.0521. The van der Waals surface area contributed by atoms with Gasteiger partial charge in [0.05, 0.1) is 6.61 Å². The van der Waals surface area contributed by atoms with Crippen LogP contribution in [0.15, 0.2) is 0 Å². The molecule has 1 heterocycles. The predicted molar refractivity (Wildman–Crippen MR) is 62.4 cm³/mol. The Morgan fingerprint density at radius 3 is 2.75 bits per heavy atom. The minimum Gasteiger partial charge on any atom is -0.449 e. The van der Waals surface area contributed by atoms with Gasteiger partial charge in [-0.2, -0.15) is 0 Å². The standard InChI is InChI=1S/C12H22N2O2/c1-3-4-9-16-11(15)14-8-7-13(2)12(10-14)5-6-12/h3-10H2,1-2H3. The molecule has 0 unspecified atom stereocenters. The molecule has 1 spiro atoms. The zero-order chi connectivity index (χ0) is 11.6. The molecule has 1 aliphatic carbocycles. The van der Waals surface area contributed by atoms with Crippen LogP contribution in [0.2, 0.25) is 0 Å². The molecule has 1 aliphatic heterocycles. The van der Waals surface area contributed by atoms with Crippen molar-refractivity contribution in [2.24, 2.45) is 0 Å². The average Bonchev–Trinajstić information content (AvgIpc) is 3.03. The summed E-state index contributed by atoms with van der Waals surface area (Å²) < 4.78 is 5.25. The van der Waals surface area contributed by atoms with E-state index in [2.05, 4.69) is 18.9 Å². The number of amides is 1. The van der Waals surface area contributed by atoms with E-state index in [9.17, 15) is 4.79 Å². The van der Waals surface area contributed by atoms with Gasteiger partial charge < -0.3 is 9.64 Å². The summed E-state index contributed by atoms with van der Waals surface area (Å²) in [4.78, 5) is 16.0. The molecule has 16 heavy (non-hydrogen) atoms. The van der Waals surface area contributed by atoms with Gasteiger partial charge in [0.1, 0.15) is 0 Å². The summed E-state index contributed by atoms with van der Waals surface area (Å²) in [5.74, 6) is 0. The van der Waals surface area contributed by atoms with E-state index in [0.29, 0.717) is 12.1 Å². The molecule has 2 fully saturated rings. The highest BCUT2D eigenvalue weighted by molar-refractivity contribution is 5.68. The zero-order valence-electron chi connectivity index (χ0n) is 10.4. The number of ether oxygens (including phenoxy) is 1. The first-order chi connectivity index (χ1) is 7.68. The average molecular weight is 226 g/mol. The van der Waals surface area contributed by atoms with Crippen molar-refractivity contribution in [2.45, 2.75) is 38.1 Å². The number of rotatable bonds is 3. The van der Waals surface area contributed by atoms with Gasteiger partial charge in [0.25, 0.3) is 0 Å². The Morgan fingerprint density at radius 1 is 1.38 bits per heavy atom. The van der Waals surface area contributed by atoms with Crippen LogP contribution in [0.25, 0.3) is 0 Å². The van der Waals surface area contributed by atoms with Crippen molar-refractivity contribution >= 4 is 6.09 Å². The maximum Gasteiger partial charge on any atom is 0.409 e. The van der Waals surface area contributed by atoms with E-state index in [0.717, 1.165) is 32.5 Å². The van der Waals surface area contributed by atoms with E-state index >= 15 is 0 Å². The van der Waals surface area contributed by atoms with Crippen molar-refractivity contribution < 1.29 is 9.53 Å². The van der Waals surface area contributed by atoms with Gasteiger partial charge in [0.15, 0.2) is 0 Å². The van der Waals surface area contributed by atoms with Crippen LogP contribution in [0.4, 0.5) is 4.79 Å². The Bertz CT molecular complexity index is 264. The van der Waals surface area contributed by atoms with Gasteiger partial charge in [0, 0.05) is 25.2 Å². The quantitative estimate of drug-likeness (QED) is 0.687. The number of hydrogen-bond acceptors (Lipinski definition) is 3. The summed E-state index contributed by atoms with van der Waals surface area (Å²) in [6.07, 6.45) is 4.36. The fourth-order valence-corrected chi connectivity index (χ4v) is 2.30. The fraction of sp³-hybridized carbons (Fsp3) is 0.917. The molecule has 0 aromatic carbocycles. The molecule has 1 amide bonds. The summed E-state index contributed by atoms with van der Waals surface area (Å²) in [6, 6.07) is 0. The number of carbonyl (C=O) groups is 1. The second-order valence-corrected chi connectivity index (χ2v) is 5.04. The molecule has 0 bridgehead atoms. The maximum absolute atomic E-state index is 11.8. The number of unbranched alkanes of at least 4 members (excludes halogenated alkanes) is 1. The molecule has 0 N–H and O–H groups in total. The fourth-order valence-electron chi connectivity index (χ4n) is 2.30. The van der Waals surface area contributed by atoms with Gasteiger partial charge in [-0.15, -0.1) is 0 Å². The van der Waals surface area contributed by atoms with Crippen molar-refractivity contribution in [3.05, 3.63) is 0 Å². The van der Waals surface area contributed by atoms with Gasteiger partial charge in [-0.3, -0.25) is 4.90 Å². The molecule has 92 valence electrons. The molecule has 4 heteroatoms. The van der Waals surface area contributed by atoms with E-state index in [-0.39, 0.29) is 6.09 Å². The first-order valence-electron chi connectivity index (χ1n) is 6.31. The Kier molecular flexibility index (Phi) is 3.38. The van der Waals surface area contributed by atoms with Crippen LogP contribution in [0.5, 0.6) is 0 Å². The van der Waals surface area contributed by atoms with Crippen molar-refractivity contribution in [3.8, 4) is 0 Å². The molecule has 0 aromatic rings. The lowest BCUT2D eigenvalue weighted by Crippen LogP contribution is -2.55. The van der Waals surface area contributed by atoms with Gasteiger partial charge in [0.2, 0.25) is 0 Å². The number of piperazine rings is 1. The third kappa shape index (κ3) is 2.32. The van der Waals surface area contributed by atoms with Crippen LogP contribution >= 0.6 is 0 Å². The lowest BCUT2D eigenvalue weighted by Gasteiger charge is -2.39. The second-order valence-electron chi connectivity index (χ2n) is 5.04. The van der Waals surface area contributed by atoms with Crippen molar-refractivity contribution in [2.75, 3.05) is 33.3 Å². The van der Waals surface area contributed by atoms with Crippen molar-refractivity contribution in [3.63, 3.8) is 0 Å². The van der Waals surface area contributed by atoms with E-state index < -0.39 is 0 Å². The van der Waals surface area contributed by atoms with E-state index in [1.54, 1.807) is 0 Å². The molecule has 1 saturated heterocycles. The van der Waals surface area contributed by atoms with E-state index in [1.807, 2.05) is 4.90 Å².